The van der Waals surface area contributed by atoms with Gasteiger partial charge < -0.3 is 9.42 Å². The van der Waals surface area contributed by atoms with Gasteiger partial charge in [-0.05, 0) is 33.0 Å². The Kier molecular flexibility index (Phi) is 3.92. The highest BCUT2D eigenvalue weighted by Gasteiger charge is 2.25. The largest absolute Gasteiger partial charge is 0.365 e. The summed E-state index contributed by atoms with van der Waals surface area (Å²) in [5, 5.41) is 4.29. The predicted octanol–water partition coefficient (Wildman–Crippen LogP) is 2.47. The number of nitrogens with zero attached hydrogens (tertiary/aromatic N) is 4. The minimum atomic E-state index is 0.496. The maximum absolute atomic E-state index is 5.53. The van der Waals surface area contributed by atoms with E-state index < -0.39 is 0 Å². The highest BCUT2D eigenvalue weighted by molar-refractivity contribution is 5.47. The highest BCUT2D eigenvalue weighted by atomic mass is 16.5. The van der Waals surface area contributed by atoms with Crippen LogP contribution in [0.15, 0.2) is 29.0 Å². The number of anilines is 1. The van der Waals surface area contributed by atoms with Crippen molar-refractivity contribution in [3.63, 3.8) is 0 Å². The van der Waals surface area contributed by atoms with Gasteiger partial charge in [-0.25, -0.2) is 0 Å². The molecule has 2 aromatic heterocycles. The van der Waals surface area contributed by atoms with Gasteiger partial charge >= 0.3 is 0 Å². The van der Waals surface area contributed by atoms with Crippen molar-refractivity contribution in [1.29, 1.82) is 0 Å². The molecule has 21 heavy (non-hydrogen) atoms. The van der Waals surface area contributed by atoms with Crippen LogP contribution in [0, 0.1) is 0 Å². The van der Waals surface area contributed by atoms with Crippen molar-refractivity contribution in [2.24, 2.45) is 0 Å². The fourth-order valence-electron chi connectivity index (χ4n) is 2.57. The van der Waals surface area contributed by atoms with Gasteiger partial charge in [-0.2, -0.15) is 0 Å². The molecule has 0 spiro atoms. The average Bonchev–Trinajstić information content (AvgIpc) is 2.90. The van der Waals surface area contributed by atoms with E-state index in [1.807, 2.05) is 12.3 Å². The van der Waals surface area contributed by atoms with Crippen LogP contribution < -0.4 is 4.90 Å². The summed E-state index contributed by atoms with van der Waals surface area (Å²) in [5.74, 6) is 1.04. The third-order valence-electron chi connectivity index (χ3n) is 4.20. The lowest BCUT2D eigenvalue weighted by Gasteiger charge is -2.28. The summed E-state index contributed by atoms with van der Waals surface area (Å²) in [4.78, 5) is 8.83. The van der Waals surface area contributed by atoms with Crippen LogP contribution in [0.5, 0.6) is 0 Å². The molecule has 1 aliphatic rings. The summed E-state index contributed by atoms with van der Waals surface area (Å²) in [5.41, 5.74) is 3.47. The van der Waals surface area contributed by atoms with Crippen molar-refractivity contribution >= 4 is 5.69 Å². The van der Waals surface area contributed by atoms with E-state index in [1.165, 1.54) is 5.56 Å². The van der Waals surface area contributed by atoms with E-state index in [0.717, 1.165) is 43.2 Å². The smallest absolute Gasteiger partial charge is 0.143 e. The molecular formula is C16H22N4O. The lowest BCUT2D eigenvalue weighted by atomic mass is 10.0. The standard InChI is InChI=1S/C16H22N4O/c1-12(2)19(3)11-15-14-10-20(8-6-16(14)21-18-15)13-5-4-7-17-9-13/h4-5,7,9,12H,6,8,10-11H2,1-3H3. The molecule has 1 aliphatic heterocycles. The molecular weight excluding hydrogens is 264 g/mol. The number of hydrogen-bond donors (Lipinski definition) is 0. The molecule has 0 N–H and O–H groups in total. The van der Waals surface area contributed by atoms with Crippen molar-refractivity contribution in [3.05, 3.63) is 41.5 Å². The van der Waals surface area contributed by atoms with Crippen molar-refractivity contribution < 1.29 is 4.52 Å². The number of pyridine rings is 1. The molecule has 0 amide bonds. The molecule has 0 bridgehead atoms. The Morgan fingerprint density at radius 2 is 2.29 bits per heavy atom. The summed E-state index contributed by atoms with van der Waals surface area (Å²) in [7, 11) is 2.12. The van der Waals surface area contributed by atoms with E-state index in [2.05, 4.69) is 46.9 Å². The third kappa shape index (κ3) is 2.93. The molecule has 0 fully saturated rings. The molecule has 5 nitrogen and oxygen atoms in total. The van der Waals surface area contributed by atoms with Crippen LogP contribution in [0.4, 0.5) is 5.69 Å². The van der Waals surface area contributed by atoms with Crippen molar-refractivity contribution in [3.8, 4) is 0 Å². The molecule has 5 heteroatoms. The van der Waals surface area contributed by atoms with Crippen molar-refractivity contribution in [2.75, 3.05) is 18.5 Å². The van der Waals surface area contributed by atoms with Crippen molar-refractivity contribution in [2.45, 2.75) is 39.4 Å². The van der Waals surface area contributed by atoms with Crippen LogP contribution >= 0.6 is 0 Å². The lowest BCUT2D eigenvalue weighted by molar-refractivity contribution is 0.255. The first-order valence-corrected chi connectivity index (χ1v) is 7.46. The maximum Gasteiger partial charge on any atom is 0.143 e. The minimum Gasteiger partial charge on any atom is -0.365 e. The quantitative estimate of drug-likeness (QED) is 0.864. The van der Waals surface area contributed by atoms with Crippen molar-refractivity contribution in [1.82, 2.24) is 15.0 Å². The second-order valence-electron chi connectivity index (χ2n) is 5.92. The summed E-state index contributed by atoms with van der Waals surface area (Å²) >= 11 is 0. The predicted molar refractivity (Wildman–Crippen MR) is 82.1 cm³/mol. The first-order valence-electron chi connectivity index (χ1n) is 7.46. The molecule has 0 saturated heterocycles. The Morgan fingerprint density at radius 1 is 1.43 bits per heavy atom. The first-order chi connectivity index (χ1) is 10.1. The normalized spacial score (nSPS) is 14.8. The van der Waals surface area contributed by atoms with Gasteiger partial charge in [0.2, 0.25) is 0 Å². The summed E-state index contributed by atoms with van der Waals surface area (Å²) in [6.45, 7) is 7.01. The summed E-state index contributed by atoms with van der Waals surface area (Å²) in [6, 6.07) is 4.58. The van der Waals surface area contributed by atoms with Gasteiger partial charge in [0, 0.05) is 43.9 Å². The lowest BCUT2D eigenvalue weighted by Crippen LogP contribution is -2.31. The van der Waals surface area contributed by atoms with E-state index in [0.29, 0.717) is 6.04 Å². The summed E-state index contributed by atoms with van der Waals surface area (Å²) < 4.78 is 5.53. The SMILES string of the molecule is CC(C)N(C)Cc1noc2c1CN(c1cccnc1)CC2. The van der Waals surface area contributed by atoms with Gasteiger partial charge in [0.25, 0.3) is 0 Å². The molecule has 2 aromatic rings. The fourth-order valence-corrected chi connectivity index (χ4v) is 2.57. The minimum absolute atomic E-state index is 0.496. The highest BCUT2D eigenvalue weighted by Crippen LogP contribution is 2.26. The van der Waals surface area contributed by atoms with E-state index >= 15 is 0 Å². The zero-order valence-corrected chi connectivity index (χ0v) is 12.9. The second kappa shape index (κ2) is 5.85. The number of fused-ring (bicyclic) bond motifs is 1. The van der Waals surface area contributed by atoms with E-state index in [9.17, 15) is 0 Å². The van der Waals surface area contributed by atoms with E-state index in [4.69, 9.17) is 4.52 Å². The van der Waals surface area contributed by atoms with Gasteiger partial charge in [0.1, 0.15) is 11.5 Å². The number of aromatic nitrogens is 2. The van der Waals surface area contributed by atoms with Crippen LogP contribution in [0.1, 0.15) is 30.9 Å². The van der Waals surface area contributed by atoms with Gasteiger partial charge in [-0.1, -0.05) is 5.16 Å². The topological polar surface area (TPSA) is 45.4 Å². The molecule has 0 saturated carbocycles. The Labute approximate surface area is 125 Å². The molecule has 0 aromatic carbocycles. The van der Waals surface area contributed by atoms with Gasteiger partial charge in [-0.3, -0.25) is 9.88 Å². The zero-order chi connectivity index (χ0) is 14.8. The van der Waals surface area contributed by atoms with Gasteiger partial charge in [-0.15, -0.1) is 0 Å². The third-order valence-corrected chi connectivity index (χ3v) is 4.20. The fraction of sp³-hybridized carbons (Fsp3) is 0.500. The molecule has 0 unspecified atom stereocenters. The zero-order valence-electron chi connectivity index (χ0n) is 12.9. The number of rotatable bonds is 4. The second-order valence-corrected chi connectivity index (χ2v) is 5.92. The van der Waals surface area contributed by atoms with Crippen LogP contribution in [0.3, 0.4) is 0 Å². The maximum atomic E-state index is 5.53. The molecule has 112 valence electrons. The van der Waals surface area contributed by atoms with Crippen LogP contribution in [0.25, 0.3) is 0 Å². The first kappa shape index (κ1) is 14.1. The Bertz CT molecular complexity index is 594. The van der Waals surface area contributed by atoms with E-state index in [-0.39, 0.29) is 0 Å². The summed E-state index contributed by atoms with van der Waals surface area (Å²) in [6.07, 6.45) is 4.63. The Hall–Kier alpha value is -1.88. The van der Waals surface area contributed by atoms with Crippen LogP contribution in [-0.2, 0) is 19.5 Å². The Morgan fingerprint density at radius 3 is 3.00 bits per heavy atom. The Balaban J connectivity index is 1.80. The molecule has 0 atom stereocenters. The van der Waals surface area contributed by atoms with Crippen LogP contribution in [-0.4, -0.2) is 34.7 Å². The van der Waals surface area contributed by atoms with Gasteiger partial charge in [0.15, 0.2) is 0 Å². The molecule has 0 aliphatic carbocycles. The van der Waals surface area contributed by atoms with Gasteiger partial charge in [0.05, 0.1) is 11.9 Å². The molecule has 0 radical (unpaired) electrons. The van der Waals surface area contributed by atoms with E-state index in [1.54, 1.807) is 6.20 Å². The number of hydrogen-bond acceptors (Lipinski definition) is 5. The molecule has 3 heterocycles. The average molecular weight is 286 g/mol. The monoisotopic (exact) mass is 286 g/mol. The molecule has 3 rings (SSSR count). The van der Waals surface area contributed by atoms with Crippen LogP contribution in [0.2, 0.25) is 0 Å².